The van der Waals surface area contributed by atoms with E-state index in [1.807, 2.05) is 0 Å². The van der Waals surface area contributed by atoms with E-state index in [2.05, 4.69) is 0 Å². The molecule has 0 aliphatic carbocycles. The third-order valence-electron chi connectivity index (χ3n) is 1.58. The van der Waals surface area contributed by atoms with E-state index < -0.39 is 39.1 Å². The number of hydrogen-bond donors (Lipinski definition) is 0. The lowest BCUT2D eigenvalue weighted by molar-refractivity contribution is -0.142. The van der Waals surface area contributed by atoms with Gasteiger partial charge >= 0.3 is 14.7 Å². The average molecular weight is 258 g/mol. The summed E-state index contributed by atoms with van der Waals surface area (Å²) in [5, 5.41) is 0. The van der Waals surface area contributed by atoms with Gasteiger partial charge in [0, 0.05) is 32.9 Å². The predicted octanol–water partition coefficient (Wildman–Crippen LogP) is 2.14. The zero-order chi connectivity index (χ0) is 13.0. The van der Waals surface area contributed by atoms with Crippen molar-refractivity contribution < 1.29 is 31.6 Å². The third-order valence-corrected chi connectivity index (χ3v) is 4.18. The summed E-state index contributed by atoms with van der Waals surface area (Å²) < 4.78 is 45.4. The number of rotatable bonds is 4. The molecule has 94 valence electrons. The van der Waals surface area contributed by atoms with Gasteiger partial charge in [0.15, 0.2) is 0 Å². The van der Waals surface area contributed by atoms with Crippen LogP contribution in [0.15, 0.2) is 0 Å². The normalized spacial score (nSPS) is 12.1. The van der Waals surface area contributed by atoms with Gasteiger partial charge < -0.3 is 8.85 Å². The first kappa shape index (κ1) is 14.9. The Kier molecular flexibility index (Phi) is 4.98. The molecule has 8 heteroatoms. The molecular weight excluding hydrogens is 245 g/mol. The van der Waals surface area contributed by atoms with Crippen molar-refractivity contribution in [2.24, 2.45) is 0 Å². The van der Waals surface area contributed by atoms with Crippen LogP contribution < -0.4 is 0 Å². The van der Waals surface area contributed by atoms with Crippen LogP contribution >= 0.6 is 0 Å². The first-order chi connectivity index (χ1) is 7.04. The molecule has 0 bridgehead atoms. The molecule has 0 aliphatic heterocycles. The molecule has 0 aromatic heterocycles. The van der Waals surface area contributed by atoms with Gasteiger partial charge in [-0.1, -0.05) is 0 Å². The van der Waals surface area contributed by atoms with Crippen LogP contribution in [-0.4, -0.2) is 26.7 Å². The van der Waals surface area contributed by atoms with Gasteiger partial charge in [-0.05, 0) is 0 Å². The summed E-state index contributed by atoms with van der Waals surface area (Å²) in [6.45, 7) is 3.37. The lowest BCUT2D eigenvalue weighted by atomic mass is 10.5. The maximum absolute atomic E-state index is 12.0. The number of halogens is 3. The van der Waals surface area contributed by atoms with Gasteiger partial charge in [0.1, 0.15) is 0 Å². The fourth-order valence-corrected chi connectivity index (χ4v) is 3.30. The van der Waals surface area contributed by atoms with Crippen molar-refractivity contribution in [1.29, 1.82) is 0 Å². The summed E-state index contributed by atoms with van der Waals surface area (Å²) in [7, 11) is -3.40. The van der Waals surface area contributed by atoms with Gasteiger partial charge in [-0.3, -0.25) is 9.59 Å². The highest BCUT2D eigenvalue weighted by Gasteiger charge is 2.42. The largest absolute Gasteiger partial charge is 0.485 e. The molecule has 0 atom stereocenters. The van der Waals surface area contributed by atoms with Crippen LogP contribution in [0.1, 0.15) is 20.3 Å². The summed E-state index contributed by atoms with van der Waals surface area (Å²) in [6.07, 6.45) is -5.51. The Morgan fingerprint density at radius 1 is 1.12 bits per heavy atom. The predicted molar refractivity (Wildman–Crippen MR) is 50.6 cm³/mol. The highest BCUT2D eigenvalue weighted by molar-refractivity contribution is 6.69. The van der Waals surface area contributed by atoms with E-state index in [0.29, 0.717) is 0 Å². The smallest absolute Gasteiger partial charge is 0.461 e. The Morgan fingerprint density at radius 3 is 1.75 bits per heavy atom. The van der Waals surface area contributed by atoms with E-state index in [1.165, 1.54) is 6.55 Å². The Bertz CT molecular complexity index is 261. The van der Waals surface area contributed by atoms with Crippen molar-refractivity contribution >= 4 is 20.5 Å². The van der Waals surface area contributed by atoms with Gasteiger partial charge in [-0.15, -0.1) is 0 Å². The van der Waals surface area contributed by atoms with E-state index in [4.69, 9.17) is 8.85 Å². The molecule has 0 aromatic rings. The van der Waals surface area contributed by atoms with Crippen LogP contribution in [0.4, 0.5) is 13.2 Å². The van der Waals surface area contributed by atoms with Gasteiger partial charge in [0.05, 0.1) is 0 Å². The van der Waals surface area contributed by atoms with Crippen LogP contribution in [0.2, 0.25) is 12.6 Å². The van der Waals surface area contributed by atoms with Gasteiger partial charge in [-0.2, -0.15) is 13.2 Å². The van der Waals surface area contributed by atoms with Crippen molar-refractivity contribution in [3.63, 3.8) is 0 Å². The Morgan fingerprint density at radius 2 is 1.50 bits per heavy atom. The number of carbonyl (C=O) groups is 2. The fraction of sp³-hybridized carbons (Fsp3) is 0.750. The number of hydrogen-bond acceptors (Lipinski definition) is 4. The van der Waals surface area contributed by atoms with Crippen molar-refractivity contribution in [2.75, 3.05) is 0 Å². The monoisotopic (exact) mass is 258 g/mol. The lowest BCUT2D eigenvalue weighted by Gasteiger charge is -2.25. The second-order valence-electron chi connectivity index (χ2n) is 3.44. The Hall–Kier alpha value is -1.05. The highest BCUT2D eigenvalue weighted by atomic mass is 28.4. The van der Waals surface area contributed by atoms with Crippen molar-refractivity contribution in [2.45, 2.75) is 39.0 Å². The van der Waals surface area contributed by atoms with Crippen LogP contribution in [0, 0.1) is 0 Å². The molecule has 4 nitrogen and oxygen atoms in total. The first-order valence-electron chi connectivity index (χ1n) is 4.50. The van der Waals surface area contributed by atoms with Gasteiger partial charge in [-0.25, -0.2) is 0 Å². The second kappa shape index (κ2) is 5.33. The minimum Gasteiger partial charge on any atom is -0.485 e. The maximum Gasteiger partial charge on any atom is 0.461 e. The molecule has 0 unspecified atom stereocenters. The van der Waals surface area contributed by atoms with Gasteiger partial charge in [0.25, 0.3) is 11.9 Å². The molecule has 0 amide bonds. The third kappa shape index (κ3) is 7.27. The van der Waals surface area contributed by atoms with Gasteiger partial charge in [0.2, 0.25) is 0 Å². The molecule has 0 N–H and O–H groups in total. The zero-order valence-corrected chi connectivity index (χ0v) is 10.2. The first-order valence-corrected chi connectivity index (χ1v) is 7.02. The summed E-state index contributed by atoms with van der Waals surface area (Å²) in [5.74, 6) is -1.50. The number of alkyl halides is 3. The fourth-order valence-electron chi connectivity index (χ4n) is 1.10. The molecule has 0 aromatic carbocycles. The Balaban J connectivity index is 4.53. The summed E-state index contributed by atoms with van der Waals surface area (Å²) in [6, 6.07) is -0.490. The molecule has 0 saturated carbocycles. The molecule has 0 aliphatic rings. The standard InChI is InChI=1S/C8H13F3O4Si/c1-6(12)14-16(3,15-7(2)13)5-4-8(9,10)11/h4-5H2,1-3H3. The van der Waals surface area contributed by atoms with Crippen molar-refractivity contribution in [3.8, 4) is 0 Å². The lowest BCUT2D eigenvalue weighted by Crippen LogP contribution is -2.42. The van der Waals surface area contributed by atoms with Crippen LogP contribution in [0.5, 0.6) is 0 Å². The van der Waals surface area contributed by atoms with Crippen molar-refractivity contribution in [3.05, 3.63) is 0 Å². The molecule has 0 fully saturated rings. The van der Waals surface area contributed by atoms with E-state index in [9.17, 15) is 22.8 Å². The Labute approximate surface area is 92.0 Å². The van der Waals surface area contributed by atoms with E-state index in [0.717, 1.165) is 13.8 Å². The molecule has 16 heavy (non-hydrogen) atoms. The average Bonchev–Trinajstić information content (AvgIpc) is 1.96. The molecule has 0 spiro atoms. The highest BCUT2D eigenvalue weighted by Crippen LogP contribution is 2.27. The maximum atomic E-state index is 12.0. The quantitative estimate of drug-likeness (QED) is 0.725. The van der Waals surface area contributed by atoms with Crippen molar-refractivity contribution in [1.82, 2.24) is 0 Å². The van der Waals surface area contributed by atoms with E-state index >= 15 is 0 Å². The number of carbonyl (C=O) groups excluding carboxylic acids is 2. The minimum atomic E-state index is -4.37. The molecular formula is C8H13F3O4Si. The van der Waals surface area contributed by atoms with Crippen LogP contribution in [0.3, 0.4) is 0 Å². The summed E-state index contributed by atoms with van der Waals surface area (Å²) in [5.41, 5.74) is 0. The topological polar surface area (TPSA) is 52.6 Å². The van der Waals surface area contributed by atoms with E-state index in [-0.39, 0.29) is 0 Å². The molecule has 0 rings (SSSR count). The molecule has 0 saturated heterocycles. The van der Waals surface area contributed by atoms with Crippen LogP contribution in [-0.2, 0) is 18.4 Å². The summed E-state index contributed by atoms with van der Waals surface area (Å²) in [4.78, 5) is 21.4. The van der Waals surface area contributed by atoms with Crippen LogP contribution in [0.25, 0.3) is 0 Å². The minimum absolute atomic E-state index is 0.490. The molecule has 0 radical (unpaired) electrons. The second-order valence-corrected chi connectivity index (χ2v) is 6.61. The molecule has 0 heterocycles. The SMILES string of the molecule is CC(=O)O[Si](C)(CCC(F)(F)F)OC(C)=O. The van der Waals surface area contributed by atoms with E-state index in [1.54, 1.807) is 0 Å². The zero-order valence-electron chi connectivity index (χ0n) is 9.18. The summed E-state index contributed by atoms with van der Waals surface area (Å²) >= 11 is 0.